The zero-order valence-electron chi connectivity index (χ0n) is 10.2. The summed E-state index contributed by atoms with van der Waals surface area (Å²) in [6.07, 6.45) is 0.809. The van der Waals surface area contributed by atoms with Gasteiger partial charge in [-0.1, -0.05) is 0 Å². The van der Waals surface area contributed by atoms with Gasteiger partial charge < -0.3 is 19.9 Å². The molecule has 1 fully saturated rings. The van der Waals surface area contributed by atoms with Crippen LogP contribution in [0.25, 0.3) is 0 Å². The number of carboxylic acid groups (broad SMARTS) is 1. The summed E-state index contributed by atoms with van der Waals surface area (Å²) >= 11 is 3.46. The van der Waals surface area contributed by atoms with Crippen molar-refractivity contribution in [1.29, 1.82) is 0 Å². The topological polar surface area (TPSA) is 67.8 Å². The fraction of sp³-hybridized carbons (Fsp3) is 0.462. The largest absolute Gasteiger partial charge is 0.486 e. The quantitative estimate of drug-likeness (QED) is 0.866. The van der Waals surface area contributed by atoms with Gasteiger partial charge in [0.2, 0.25) is 0 Å². The number of benzene rings is 1. The normalized spacial score (nSPS) is 25.3. The molecule has 1 aromatic carbocycles. The molecule has 0 spiro atoms. The molecule has 0 bridgehead atoms. The highest BCUT2D eigenvalue weighted by atomic mass is 79.9. The van der Waals surface area contributed by atoms with Crippen LogP contribution in [0, 0.1) is 0 Å². The Kier molecular flexibility index (Phi) is 3.36. The summed E-state index contributed by atoms with van der Waals surface area (Å²) < 4.78 is 11.9. The van der Waals surface area contributed by atoms with Crippen LogP contribution in [0.2, 0.25) is 0 Å². The van der Waals surface area contributed by atoms with Gasteiger partial charge in [0.15, 0.2) is 11.5 Å². The maximum atomic E-state index is 11.2. The lowest BCUT2D eigenvalue weighted by Gasteiger charge is -2.23. The van der Waals surface area contributed by atoms with Crippen LogP contribution in [0.15, 0.2) is 16.6 Å². The molecule has 2 heterocycles. The van der Waals surface area contributed by atoms with Gasteiger partial charge in [0.25, 0.3) is 0 Å². The number of hydrogen-bond acceptors (Lipinski definition) is 4. The van der Waals surface area contributed by atoms with Crippen LogP contribution in [0.5, 0.6) is 11.5 Å². The molecule has 2 unspecified atom stereocenters. The van der Waals surface area contributed by atoms with Crippen molar-refractivity contribution in [3.05, 3.63) is 22.2 Å². The first-order valence-corrected chi connectivity index (χ1v) is 7.01. The van der Waals surface area contributed by atoms with Crippen LogP contribution in [0.3, 0.4) is 0 Å². The van der Waals surface area contributed by atoms with E-state index in [0.717, 1.165) is 16.5 Å². The molecule has 19 heavy (non-hydrogen) atoms. The van der Waals surface area contributed by atoms with Crippen molar-refractivity contribution in [3.8, 4) is 11.5 Å². The van der Waals surface area contributed by atoms with Crippen LogP contribution in [-0.4, -0.2) is 36.9 Å². The summed E-state index contributed by atoms with van der Waals surface area (Å²) in [4.78, 5) is 11.2. The fourth-order valence-corrected chi connectivity index (χ4v) is 3.24. The summed E-state index contributed by atoms with van der Waals surface area (Å²) in [5, 5.41) is 12.2. The second kappa shape index (κ2) is 5.02. The molecule has 0 aromatic heterocycles. The third-order valence-electron chi connectivity index (χ3n) is 3.54. The second-order valence-electron chi connectivity index (χ2n) is 4.69. The maximum absolute atomic E-state index is 11.2. The van der Waals surface area contributed by atoms with Gasteiger partial charge in [-0.3, -0.25) is 4.79 Å². The van der Waals surface area contributed by atoms with Crippen LogP contribution in [0.1, 0.15) is 17.9 Å². The summed E-state index contributed by atoms with van der Waals surface area (Å²) in [5.74, 6) is 0.539. The summed E-state index contributed by atoms with van der Waals surface area (Å²) in [7, 11) is 0. The van der Waals surface area contributed by atoms with Gasteiger partial charge >= 0.3 is 5.97 Å². The Morgan fingerprint density at radius 1 is 1.37 bits per heavy atom. The highest BCUT2D eigenvalue weighted by Crippen LogP contribution is 2.42. The van der Waals surface area contributed by atoms with E-state index in [1.807, 2.05) is 12.1 Å². The lowest BCUT2D eigenvalue weighted by molar-refractivity contribution is -0.139. The Morgan fingerprint density at radius 3 is 2.95 bits per heavy atom. The van der Waals surface area contributed by atoms with Crippen LogP contribution >= 0.6 is 15.9 Å². The molecule has 3 rings (SSSR count). The molecule has 2 atom stereocenters. The van der Waals surface area contributed by atoms with E-state index in [9.17, 15) is 9.90 Å². The maximum Gasteiger partial charge on any atom is 0.321 e. The number of carboxylic acids is 1. The lowest BCUT2D eigenvalue weighted by atomic mass is 9.91. The van der Waals surface area contributed by atoms with Crippen LogP contribution in [-0.2, 0) is 4.79 Å². The smallest absolute Gasteiger partial charge is 0.321 e. The van der Waals surface area contributed by atoms with E-state index in [0.29, 0.717) is 31.3 Å². The Balaban J connectivity index is 1.97. The minimum absolute atomic E-state index is 0.0374. The second-order valence-corrected chi connectivity index (χ2v) is 5.55. The third kappa shape index (κ3) is 2.30. The number of rotatable bonds is 2. The molecule has 2 N–H and O–H groups in total. The molecule has 0 amide bonds. The van der Waals surface area contributed by atoms with Crippen molar-refractivity contribution in [2.75, 3.05) is 19.8 Å². The number of hydrogen-bond donors (Lipinski definition) is 2. The van der Waals surface area contributed by atoms with Gasteiger partial charge in [-0.05, 0) is 46.6 Å². The predicted molar refractivity (Wildman–Crippen MR) is 71.9 cm³/mol. The van der Waals surface area contributed by atoms with Gasteiger partial charge in [-0.2, -0.15) is 0 Å². The van der Waals surface area contributed by atoms with Crippen LogP contribution in [0.4, 0.5) is 0 Å². The van der Waals surface area contributed by atoms with Crippen molar-refractivity contribution in [3.63, 3.8) is 0 Å². The van der Waals surface area contributed by atoms with Crippen molar-refractivity contribution in [2.45, 2.75) is 18.4 Å². The molecule has 2 aliphatic heterocycles. The third-order valence-corrected chi connectivity index (χ3v) is 4.12. The summed E-state index contributed by atoms with van der Waals surface area (Å²) in [5.41, 5.74) is 0.966. The van der Waals surface area contributed by atoms with Crippen molar-refractivity contribution >= 4 is 21.9 Å². The highest BCUT2D eigenvalue weighted by Gasteiger charge is 2.34. The molecule has 0 saturated carbocycles. The number of nitrogens with one attached hydrogen (secondary N) is 1. The molecule has 5 nitrogen and oxygen atoms in total. The monoisotopic (exact) mass is 327 g/mol. The Bertz CT molecular complexity index is 520. The van der Waals surface area contributed by atoms with Crippen molar-refractivity contribution < 1.29 is 19.4 Å². The van der Waals surface area contributed by atoms with E-state index in [1.54, 1.807) is 0 Å². The van der Waals surface area contributed by atoms with Crippen molar-refractivity contribution in [1.82, 2.24) is 5.32 Å². The first kappa shape index (κ1) is 12.7. The molecule has 1 aromatic rings. The average molecular weight is 328 g/mol. The van der Waals surface area contributed by atoms with Gasteiger partial charge in [-0.15, -0.1) is 0 Å². The van der Waals surface area contributed by atoms with E-state index in [2.05, 4.69) is 21.2 Å². The predicted octanol–water partition coefficient (Wildman–Crippen LogP) is 1.75. The van der Waals surface area contributed by atoms with E-state index < -0.39 is 12.0 Å². The number of aliphatic carboxylic acids is 1. The molecule has 2 aliphatic rings. The summed E-state index contributed by atoms with van der Waals surface area (Å²) in [6, 6.07) is 3.29. The van der Waals surface area contributed by atoms with Gasteiger partial charge in [0.1, 0.15) is 19.3 Å². The zero-order chi connectivity index (χ0) is 13.4. The van der Waals surface area contributed by atoms with Gasteiger partial charge in [-0.25, -0.2) is 0 Å². The number of halogens is 1. The fourth-order valence-electron chi connectivity index (χ4n) is 2.67. The van der Waals surface area contributed by atoms with Crippen LogP contribution < -0.4 is 14.8 Å². The van der Waals surface area contributed by atoms with Crippen molar-refractivity contribution in [2.24, 2.45) is 0 Å². The Labute approximate surface area is 119 Å². The first-order chi connectivity index (χ1) is 9.16. The standard InChI is InChI=1S/C13H14BrNO4/c14-9-5-7(6-10-12(9)19-4-3-18-10)8-1-2-15-11(8)13(16)17/h5-6,8,11,15H,1-4H2,(H,16,17). The van der Waals surface area contributed by atoms with Gasteiger partial charge in [0.05, 0.1) is 4.47 Å². The molecular weight excluding hydrogens is 314 g/mol. The Hall–Kier alpha value is -1.27. The molecule has 6 heteroatoms. The highest BCUT2D eigenvalue weighted by molar-refractivity contribution is 9.10. The SMILES string of the molecule is O=C(O)C1NCCC1c1cc(Br)c2c(c1)OCCO2. The van der Waals surface area contributed by atoms with E-state index in [1.165, 1.54) is 0 Å². The molecule has 1 saturated heterocycles. The summed E-state index contributed by atoms with van der Waals surface area (Å²) in [6.45, 7) is 1.77. The molecule has 0 aliphatic carbocycles. The van der Waals surface area contributed by atoms with E-state index in [-0.39, 0.29) is 5.92 Å². The lowest BCUT2D eigenvalue weighted by Crippen LogP contribution is -2.34. The van der Waals surface area contributed by atoms with E-state index >= 15 is 0 Å². The van der Waals surface area contributed by atoms with Gasteiger partial charge in [0, 0.05) is 5.92 Å². The zero-order valence-corrected chi connectivity index (χ0v) is 11.8. The average Bonchev–Trinajstić information content (AvgIpc) is 2.88. The minimum Gasteiger partial charge on any atom is -0.486 e. The molecular formula is C13H14BrNO4. The Morgan fingerprint density at radius 2 is 2.16 bits per heavy atom. The molecule has 102 valence electrons. The minimum atomic E-state index is -0.812. The number of carbonyl (C=O) groups is 1. The molecule has 0 radical (unpaired) electrons. The van der Waals surface area contributed by atoms with E-state index in [4.69, 9.17) is 9.47 Å². The number of ether oxygens (including phenoxy) is 2. The number of fused-ring (bicyclic) bond motifs is 1. The first-order valence-electron chi connectivity index (χ1n) is 6.22.